The van der Waals surface area contributed by atoms with Crippen LogP contribution in [0.3, 0.4) is 0 Å². The van der Waals surface area contributed by atoms with E-state index in [4.69, 9.17) is 4.74 Å². The number of hydrogen-bond acceptors (Lipinski definition) is 3. The van der Waals surface area contributed by atoms with Crippen molar-refractivity contribution in [2.75, 3.05) is 0 Å². The first-order valence-corrected chi connectivity index (χ1v) is 8.80. The Hall–Kier alpha value is -3.40. The normalized spacial score (nSPS) is 11.1. The zero-order chi connectivity index (χ0) is 19.1. The molecule has 4 heteroatoms. The zero-order valence-corrected chi connectivity index (χ0v) is 15.5. The van der Waals surface area contributed by atoms with Crippen LogP contribution < -0.4 is 10.2 Å². The third-order valence-corrected chi connectivity index (χ3v) is 4.16. The predicted molar refractivity (Wildman–Crippen MR) is 108 cm³/mol. The average Bonchev–Trinajstić information content (AvgIpc) is 2.72. The highest BCUT2D eigenvalue weighted by Gasteiger charge is 2.05. The molecule has 0 heterocycles. The van der Waals surface area contributed by atoms with Crippen LogP contribution in [-0.2, 0) is 6.61 Å². The van der Waals surface area contributed by atoms with Gasteiger partial charge in [0.1, 0.15) is 12.4 Å². The lowest BCUT2D eigenvalue weighted by Crippen LogP contribution is -2.19. The third kappa shape index (κ3) is 5.28. The number of aryl methyl sites for hydroxylation is 1. The number of carbonyl (C=O) groups excluding carboxylic acids is 1. The van der Waals surface area contributed by atoms with Gasteiger partial charge >= 0.3 is 0 Å². The number of carbonyl (C=O) groups is 1. The molecule has 0 unspecified atom stereocenters. The van der Waals surface area contributed by atoms with Gasteiger partial charge in [0.25, 0.3) is 5.91 Å². The van der Waals surface area contributed by atoms with Crippen LogP contribution in [0.4, 0.5) is 0 Å². The molecule has 27 heavy (non-hydrogen) atoms. The molecular formula is C23H22N2O2. The summed E-state index contributed by atoms with van der Waals surface area (Å²) in [4.78, 5) is 12.1. The summed E-state index contributed by atoms with van der Waals surface area (Å²) in [5.41, 5.74) is 7.07. The largest absolute Gasteiger partial charge is 0.489 e. The van der Waals surface area contributed by atoms with Crippen LogP contribution in [0.15, 0.2) is 84.0 Å². The Morgan fingerprint density at radius 3 is 2.19 bits per heavy atom. The fraction of sp³-hybridized carbons (Fsp3) is 0.130. The number of hydrazone groups is 1. The first-order valence-electron chi connectivity index (χ1n) is 8.80. The molecule has 0 bridgehead atoms. The van der Waals surface area contributed by atoms with E-state index in [-0.39, 0.29) is 5.91 Å². The molecule has 0 saturated heterocycles. The minimum Gasteiger partial charge on any atom is -0.489 e. The lowest BCUT2D eigenvalue weighted by molar-refractivity contribution is 0.0955. The highest BCUT2D eigenvalue weighted by molar-refractivity contribution is 6.00. The Balaban J connectivity index is 1.57. The lowest BCUT2D eigenvalue weighted by Gasteiger charge is -2.08. The van der Waals surface area contributed by atoms with Gasteiger partial charge < -0.3 is 4.74 Å². The molecule has 0 saturated carbocycles. The van der Waals surface area contributed by atoms with E-state index in [9.17, 15) is 4.79 Å². The molecule has 0 aromatic heterocycles. The van der Waals surface area contributed by atoms with Crippen LogP contribution in [0, 0.1) is 6.92 Å². The number of nitrogens with zero attached hydrogens (tertiary/aromatic N) is 1. The van der Waals surface area contributed by atoms with Crippen molar-refractivity contribution in [2.24, 2.45) is 5.10 Å². The second-order valence-electron chi connectivity index (χ2n) is 6.30. The summed E-state index contributed by atoms with van der Waals surface area (Å²) in [6.07, 6.45) is 0. The summed E-state index contributed by atoms with van der Waals surface area (Å²) in [5.74, 6) is 0.566. The number of amides is 1. The van der Waals surface area contributed by atoms with Crippen LogP contribution in [0.2, 0.25) is 0 Å². The minimum absolute atomic E-state index is 0.225. The van der Waals surface area contributed by atoms with Gasteiger partial charge in [-0.2, -0.15) is 5.10 Å². The SMILES string of the molecule is CC(=NNC(=O)c1ccc(C)cc1)c1ccc(OCc2ccccc2)cc1. The monoisotopic (exact) mass is 358 g/mol. The summed E-state index contributed by atoms with van der Waals surface area (Å²) < 4.78 is 5.78. The number of rotatable bonds is 6. The Morgan fingerprint density at radius 2 is 1.52 bits per heavy atom. The fourth-order valence-electron chi connectivity index (χ4n) is 2.50. The van der Waals surface area contributed by atoms with Crippen LogP contribution >= 0.6 is 0 Å². The molecule has 0 aliphatic rings. The molecule has 0 fully saturated rings. The van der Waals surface area contributed by atoms with Gasteiger partial charge in [-0.3, -0.25) is 4.79 Å². The van der Waals surface area contributed by atoms with Gasteiger partial charge in [0.15, 0.2) is 0 Å². The van der Waals surface area contributed by atoms with Gasteiger partial charge in [-0.15, -0.1) is 0 Å². The van der Waals surface area contributed by atoms with E-state index in [1.54, 1.807) is 12.1 Å². The minimum atomic E-state index is -0.225. The molecule has 3 rings (SSSR count). The molecule has 1 N–H and O–H groups in total. The molecule has 0 aliphatic carbocycles. The summed E-state index contributed by atoms with van der Waals surface area (Å²) in [5, 5.41) is 4.19. The molecule has 3 aromatic rings. The molecular weight excluding hydrogens is 336 g/mol. The second kappa shape index (κ2) is 8.81. The molecule has 0 aliphatic heterocycles. The number of benzene rings is 3. The number of nitrogens with one attached hydrogen (secondary N) is 1. The van der Waals surface area contributed by atoms with Gasteiger partial charge in [0.2, 0.25) is 0 Å². The van der Waals surface area contributed by atoms with Crippen molar-refractivity contribution in [2.45, 2.75) is 20.5 Å². The van der Waals surface area contributed by atoms with Crippen molar-refractivity contribution < 1.29 is 9.53 Å². The Morgan fingerprint density at radius 1 is 0.889 bits per heavy atom. The van der Waals surface area contributed by atoms with Gasteiger partial charge in [0.05, 0.1) is 5.71 Å². The molecule has 4 nitrogen and oxygen atoms in total. The topological polar surface area (TPSA) is 50.7 Å². The van der Waals surface area contributed by atoms with Crippen molar-refractivity contribution in [1.82, 2.24) is 5.43 Å². The quantitative estimate of drug-likeness (QED) is 0.512. The maximum atomic E-state index is 12.1. The van der Waals surface area contributed by atoms with Crippen molar-refractivity contribution in [1.29, 1.82) is 0 Å². The van der Waals surface area contributed by atoms with Crippen LogP contribution in [0.1, 0.15) is 34.0 Å². The van der Waals surface area contributed by atoms with E-state index in [1.807, 2.05) is 80.6 Å². The Labute approximate surface area is 159 Å². The van der Waals surface area contributed by atoms with E-state index in [2.05, 4.69) is 10.5 Å². The van der Waals surface area contributed by atoms with Gasteiger partial charge in [0, 0.05) is 5.56 Å². The summed E-state index contributed by atoms with van der Waals surface area (Å²) in [7, 11) is 0. The fourth-order valence-corrected chi connectivity index (χ4v) is 2.50. The first kappa shape index (κ1) is 18.4. The average molecular weight is 358 g/mol. The van der Waals surface area contributed by atoms with E-state index in [1.165, 1.54) is 0 Å². The Kier molecular flexibility index (Phi) is 6.00. The van der Waals surface area contributed by atoms with Crippen molar-refractivity contribution in [3.63, 3.8) is 0 Å². The summed E-state index contributed by atoms with van der Waals surface area (Å²) >= 11 is 0. The van der Waals surface area contributed by atoms with E-state index >= 15 is 0 Å². The van der Waals surface area contributed by atoms with E-state index in [0.29, 0.717) is 12.2 Å². The third-order valence-electron chi connectivity index (χ3n) is 4.16. The molecule has 3 aromatic carbocycles. The Bertz CT molecular complexity index is 915. The second-order valence-corrected chi connectivity index (χ2v) is 6.30. The molecule has 0 spiro atoms. The lowest BCUT2D eigenvalue weighted by atomic mass is 10.1. The molecule has 0 radical (unpaired) electrons. The highest BCUT2D eigenvalue weighted by atomic mass is 16.5. The molecule has 1 amide bonds. The number of hydrogen-bond donors (Lipinski definition) is 1. The highest BCUT2D eigenvalue weighted by Crippen LogP contribution is 2.15. The first-order chi connectivity index (χ1) is 13.1. The summed E-state index contributed by atoms with van der Waals surface area (Å²) in [6, 6.07) is 25.1. The van der Waals surface area contributed by atoms with Crippen molar-refractivity contribution >= 4 is 11.6 Å². The predicted octanol–water partition coefficient (Wildman–Crippen LogP) is 4.73. The maximum Gasteiger partial charge on any atom is 0.271 e. The van der Waals surface area contributed by atoms with Crippen molar-refractivity contribution in [3.05, 3.63) is 101 Å². The van der Waals surface area contributed by atoms with Crippen LogP contribution in [0.5, 0.6) is 5.75 Å². The standard InChI is InChI=1S/C23H22N2O2/c1-17-8-10-21(11-9-17)23(26)25-24-18(2)20-12-14-22(15-13-20)27-16-19-6-4-3-5-7-19/h3-15H,16H2,1-2H3,(H,25,26). The molecule has 136 valence electrons. The maximum absolute atomic E-state index is 12.1. The van der Waals surface area contributed by atoms with Gasteiger partial charge in [-0.25, -0.2) is 5.43 Å². The van der Waals surface area contributed by atoms with Crippen LogP contribution in [0.25, 0.3) is 0 Å². The number of ether oxygens (including phenoxy) is 1. The zero-order valence-electron chi connectivity index (χ0n) is 15.5. The van der Waals surface area contributed by atoms with Crippen molar-refractivity contribution in [3.8, 4) is 5.75 Å². The van der Waals surface area contributed by atoms with Gasteiger partial charge in [-0.05, 0) is 61.4 Å². The molecule has 0 atom stereocenters. The summed E-state index contributed by atoms with van der Waals surface area (Å²) in [6.45, 7) is 4.37. The van der Waals surface area contributed by atoms with E-state index < -0.39 is 0 Å². The van der Waals surface area contributed by atoms with E-state index in [0.717, 1.165) is 28.2 Å². The van der Waals surface area contributed by atoms with Gasteiger partial charge in [-0.1, -0.05) is 48.0 Å². The smallest absolute Gasteiger partial charge is 0.271 e. The van der Waals surface area contributed by atoms with Crippen LogP contribution in [-0.4, -0.2) is 11.6 Å².